The summed E-state index contributed by atoms with van der Waals surface area (Å²) in [7, 11) is 0. The van der Waals surface area contributed by atoms with Gasteiger partial charge in [0.1, 0.15) is 5.69 Å². The number of carbonyl (C=O) groups is 1. The molecule has 104 valence electrons. The van der Waals surface area contributed by atoms with Gasteiger partial charge in [0.15, 0.2) is 11.6 Å². The summed E-state index contributed by atoms with van der Waals surface area (Å²) < 4.78 is 27.6. The van der Waals surface area contributed by atoms with Crippen LogP contribution in [0, 0.1) is 11.6 Å². The number of anilines is 1. The molecule has 0 aromatic heterocycles. The van der Waals surface area contributed by atoms with Crippen molar-refractivity contribution in [3.05, 3.63) is 64.1 Å². The molecule has 0 spiro atoms. The van der Waals surface area contributed by atoms with Crippen molar-refractivity contribution in [2.75, 3.05) is 5.32 Å². The summed E-state index contributed by atoms with van der Waals surface area (Å²) in [5.41, 5.74) is 0.351. The van der Waals surface area contributed by atoms with Gasteiger partial charge in [-0.25, -0.2) is 8.78 Å². The Labute approximate surface area is 123 Å². The Hall–Kier alpha value is -1.75. The van der Waals surface area contributed by atoms with E-state index in [-0.39, 0.29) is 4.47 Å². The van der Waals surface area contributed by atoms with Crippen LogP contribution in [-0.2, 0) is 4.79 Å². The van der Waals surface area contributed by atoms with E-state index in [1.807, 2.05) is 6.07 Å². The average Bonchev–Trinajstić information content (AvgIpc) is 2.42. The first kappa shape index (κ1) is 14.7. The molecular weight excluding hydrogens is 328 g/mol. The second-order valence-electron chi connectivity index (χ2n) is 4.37. The molecule has 0 aliphatic rings. The van der Waals surface area contributed by atoms with E-state index in [0.29, 0.717) is 0 Å². The van der Waals surface area contributed by atoms with Crippen LogP contribution in [0.3, 0.4) is 0 Å². The highest BCUT2D eigenvalue weighted by atomic mass is 79.9. The van der Waals surface area contributed by atoms with Gasteiger partial charge in [-0.05, 0) is 24.6 Å². The zero-order chi connectivity index (χ0) is 14.7. The standard InChI is InChI=1S/C15H12BrF2NO/c1-9(10-5-3-2-4-6-10)15(20)19-14-12(17)7-11(16)8-13(14)18/h2-9H,1H3,(H,19,20). The maximum Gasteiger partial charge on any atom is 0.231 e. The Morgan fingerprint density at radius 2 is 1.70 bits per heavy atom. The highest BCUT2D eigenvalue weighted by Crippen LogP contribution is 2.25. The van der Waals surface area contributed by atoms with E-state index in [9.17, 15) is 13.6 Å². The second kappa shape index (κ2) is 6.13. The molecule has 0 bridgehead atoms. The van der Waals surface area contributed by atoms with Crippen LogP contribution in [-0.4, -0.2) is 5.91 Å². The molecule has 1 atom stereocenters. The Kier molecular flexibility index (Phi) is 4.49. The summed E-state index contributed by atoms with van der Waals surface area (Å²) in [5, 5.41) is 2.29. The number of hydrogen-bond donors (Lipinski definition) is 1. The molecule has 5 heteroatoms. The zero-order valence-corrected chi connectivity index (χ0v) is 12.2. The van der Waals surface area contributed by atoms with Gasteiger partial charge in [0.25, 0.3) is 0 Å². The number of halogens is 3. The van der Waals surface area contributed by atoms with Gasteiger partial charge < -0.3 is 5.32 Å². The third kappa shape index (κ3) is 3.22. The molecule has 0 fully saturated rings. The maximum absolute atomic E-state index is 13.7. The Bertz CT molecular complexity index is 608. The maximum atomic E-state index is 13.7. The van der Waals surface area contributed by atoms with Crippen LogP contribution < -0.4 is 5.32 Å². The van der Waals surface area contributed by atoms with E-state index in [4.69, 9.17) is 0 Å². The molecule has 2 aromatic rings. The van der Waals surface area contributed by atoms with E-state index in [0.717, 1.165) is 17.7 Å². The van der Waals surface area contributed by atoms with Crippen molar-refractivity contribution < 1.29 is 13.6 Å². The summed E-state index contributed by atoms with van der Waals surface area (Å²) >= 11 is 2.99. The van der Waals surface area contributed by atoms with Crippen molar-refractivity contribution in [1.29, 1.82) is 0 Å². The molecule has 0 aliphatic heterocycles. The number of benzene rings is 2. The quantitative estimate of drug-likeness (QED) is 0.878. The molecule has 1 unspecified atom stereocenters. The van der Waals surface area contributed by atoms with Crippen LogP contribution in [0.15, 0.2) is 46.9 Å². The van der Waals surface area contributed by atoms with Gasteiger partial charge in [-0.3, -0.25) is 4.79 Å². The SMILES string of the molecule is CC(C(=O)Nc1c(F)cc(Br)cc1F)c1ccccc1. The molecule has 0 heterocycles. The van der Waals surface area contributed by atoms with E-state index < -0.39 is 29.1 Å². The topological polar surface area (TPSA) is 29.1 Å². The fourth-order valence-electron chi connectivity index (χ4n) is 1.79. The minimum Gasteiger partial charge on any atom is -0.321 e. The minimum atomic E-state index is -0.814. The third-order valence-corrected chi connectivity index (χ3v) is 3.41. The average molecular weight is 340 g/mol. The van der Waals surface area contributed by atoms with Crippen LogP contribution in [0.1, 0.15) is 18.4 Å². The third-order valence-electron chi connectivity index (χ3n) is 2.95. The molecule has 1 N–H and O–H groups in total. The van der Waals surface area contributed by atoms with E-state index >= 15 is 0 Å². The highest BCUT2D eigenvalue weighted by molar-refractivity contribution is 9.10. The largest absolute Gasteiger partial charge is 0.321 e. The van der Waals surface area contributed by atoms with Crippen LogP contribution in [0.2, 0.25) is 0 Å². The Morgan fingerprint density at radius 1 is 1.15 bits per heavy atom. The first-order chi connectivity index (χ1) is 9.49. The molecular formula is C15H12BrF2NO. The second-order valence-corrected chi connectivity index (χ2v) is 5.28. The summed E-state index contributed by atoms with van der Waals surface area (Å²) in [6.45, 7) is 1.68. The minimum absolute atomic E-state index is 0.279. The van der Waals surface area contributed by atoms with Crippen LogP contribution >= 0.6 is 15.9 Å². The lowest BCUT2D eigenvalue weighted by molar-refractivity contribution is -0.117. The first-order valence-electron chi connectivity index (χ1n) is 5.99. The van der Waals surface area contributed by atoms with E-state index in [1.165, 1.54) is 0 Å². The molecule has 2 rings (SSSR count). The number of amides is 1. The first-order valence-corrected chi connectivity index (χ1v) is 6.78. The van der Waals surface area contributed by atoms with Gasteiger partial charge in [-0.2, -0.15) is 0 Å². The summed E-state index contributed by atoms with van der Waals surface area (Å²) in [6.07, 6.45) is 0. The van der Waals surface area contributed by atoms with Gasteiger partial charge >= 0.3 is 0 Å². The van der Waals surface area contributed by atoms with Crippen molar-refractivity contribution in [2.24, 2.45) is 0 Å². The van der Waals surface area contributed by atoms with Gasteiger partial charge in [0, 0.05) is 4.47 Å². The van der Waals surface area contributed by atoms with Crippen molar-refractivity contribution in [2.45, 2.75) is 12.8 Å². The lowest BCUT2D eigenvalue weighted by Crippen LogP contribution is -2.20. The Morgan fingerprint density at radius 3 is 2.25 bits per heavy atom. The molecule has 0 saturated heterocycles. The van der Waals surface area contributed by atoms with Crippen LogP contribution in [0.25, 0.3) is 0 Å². The lowest BCUT2D eigenvalue weighted by atomic mass is 10.0. The molecule has 0 saturated carbocycles. The normalized spacial score (nSPS) is 12.0. The number of carbonyl (C=O) groups excluding carboxylic acids is 1. The van der Waals surface area contributed by atoms with Crippen molar-refractivity contribution >= 4 is 27.5 Å². The summed E-state index contributed by atoms with van der Waals surface area (Å²) in [5.74, 6) is -2.59. The fourth-order valence-corrected chi connectivity index (χ4v) is 2.19. The Balaban J connectivity index is 2.20. The fraction of sp³-hybridized carbons (Fsp3) is 0.133. The van der Waals surface area contributed by atoms with Gasteiger partial charge in [-0.1, -0.05) is 46.3 Å². The monoisotopic (exact) mass is 339 g/mol. The van der Waals surface area contributed by atoms with Gasteiger partial charge in [-0.15, -0.1) is 0 Å². The molecule has 1 amide bonds. The van der Waals surface area contributed by atoms with Crippen LogP contribution in [0.5, 0.6) is 0 Å². The van der Waals surface area contributed by atoms with Crippen LogP contribution in [0.4, 0.5) is 14.5 Å². The van der Waals surface area contributed by atoms with Gasteiger partial charge in [0.2, 0.25) is 5.91 Å². The predicted octanol–water partition coefficient (Wildman–Crippen LogP) is 4.47. The van der Waals surface area contributed by atoms with Crippen molar-refractivity contribution in [3.8, 4) is 0 Å². The summed E-state index contributed by atoms with van der Waals surface area (Å²) in [6, 6.07) is 11.2. The molecule has 0 aliphatic carbocycles. The number of hydrogen-bond acceptors (Lipinski definition) is 1. The lowest BCUT2D eigenvalue weighted by Gasteiger charge is -2.13. The van der Waals surface area contributed by atoms with Crippen molar-refractivity contribution in [3.63, 3.8) is 0 Å². The molecule has 2 aromatic carbocycles. The van der Waals surface area contributed by atoms with Crippen molar-refractivity contribution in [1.82, 2.24) is 0 Å². The smallest absolute Gasteiger partial charge is 0.231 e. The molecule has 20 heavy (non-hydrogen) atoms. The van der Waals surface area contributed by atoms with E-state index in [1.54, 1.807) is 31.2 Å². The van der Waals surface area contributed by atoms with Gasteiger partial charge in [0.05, 0.1) is 5.92 Å². The predicted molar refractivity (Wildman–Crippen MR) is 77.5 cm³/mol. The molecule has 2 nitrogen and oxygen atoms in total. The molecule has 0 radical (unpaired) electrons. The zero-order valence-electron chi connectivity index (χ0n) is 10.7. The highest BCUT2D eigenvalue weighted by Gasteiger charge is 2.19. The number of nitrogens with one attached hydrogen (secondary N) is 1. The number of rotatable bonds is 3. The van der Waals surface area contributed by atoms with E-state index in [2.05, 4.69) is 21.2 Å². The summed E-state index contributed by atoms with van der Waals surface area (Å²) in [4.78, 5) is 12.0.